The van der Waals surface area contributed by atoms with Crippen molar-refractivity contribution < 1.29 is 4.42 Å². The van der Waals surface area contributed by atoms with Gasteiger partial charge in [-0.2, -0.15) is 0 Å². The van der Waals surface area contributed by atoms with E-state index in [0.29, 0.717) is 28.8 Å². The lowest BCUT2D eigenvalue weighted by atomic mass is 10.0. The zero-order chi connectivity index (χ0) is 18.3. The molecule has 0 amide bonds. The first kappa shape index (κ1) is 16.5. The van der Waals surface area contributed by atoms with E-state index in [-0.39, 0.29) is 0 Å². The number of aromatic nitrogens is 3. The van der Waals surface area contributed by atoms with Gasteiger partial charge in [0.25, 0.3) is 0 Å². The number of anilines is 2. The lowest BCUT2D eigenvalue weighted by Gasteiger charge is -2.11. The quantitative estimate of drug-likeness (QED) is 0.555. The molecule has 4 rings (SSSR count). The first-order valence-electron chi connectivity index (χ1n) is 8.31. The molecule has 0 saturated carbocycles. The molecule has 0 saturated heterocycles. The predicted molar refractivity (Wildman–Crippen MR) is 105 cm³/mol. The maximum atomic E-state index is 5.91. The SMILES string of the molecule is Cc1ccc(CNc2nc(-c3c(C)cccc3C)nc3sc(N)nc23)o1. The van der Waals surface area contributed by atoms with E-state index in [4.69, 9.17) is 20.1 Å². The first-order chi connectivity index (χ1) is 12.5. The molecule has 0 bridgehead atoms. The molecule has 4 aromatic rings. The Bertz CT molecular complexity index is 1080. The van der Waals surface area contributed by atoms with Crippen molar-refractivity contribution in [2.24, 2.45) is 0 Å². The fraction of sp³-hybridized carbons (Fsp3) is 0.211. The van der Waals surface area contributed by atoms with Gasteiger partial charge in [-0.1, -0.05) is 29.5 Å². The second-order valence-electron chi connectivity index (χ2n) is 6.23. The van der Waals surface area contributed by atoms with Crippen LogP contribution < -0.4 is 11.1 Å². The minimum absolute atomic E-state index is 0.477. The van der Waals surface area contributed by atoms with E-state index in [1.807, 2.05) is 25.1 Å². The lowest BCUT2D eigenvalue weighted by molar-refractivity contribution is 0.490. The number of hydrogen-bond acceptors (Lipinski definition) is 7. The summed E-state index contributed by atoms with van der Waals surface area (Å²) in [7, 11) is 0. The van der Waals surface area contributed by atoms with Crippen molar-refractivity contribution in [1.29, 1.82) is 0 Å². The first-order valence-corrected chi connectivity index (χ1v) is 9.13. The highest BCUT2D eigenvalue weighted by atomic mass is 32.1. The molecule has 0 radical (unpaired) electrons. The molecule has 0 spiro atoms. The van der Waals surface area contributed by atoms with Crippen molar-refractivity contribution in [1.82, 2.24) is 15.0 Å². The molecule has 3 aromatic heterocycles. The average molecular weight is 365 g/mol. The zero-order valence-electron chi connectivity index (χ0n) is 14.8. The monoisotopic (exact) mass is 365 g/mol. The fourth-order valence-corrected chi connectivity index (χ4v) is 3.70. The molecule has 1 aromatic carbocycles. The molecule has 0 fully saturated rings. The van der Waals surface area contributed by atoms with Gasteiger partial charge in [0, 0.05) is 5.56 Å². The van der Waals surface area contributed by atoms with Crippen LogP contribution in [0.2, 0.25) is 0 Å². The largest absolute Gasteiger partial charge is 0.465 e. The van der Waals surface area contributed by atoms with Crippen molar-refractivity contribution in [3.05, 3.63) is 53.0 Å². The Morgan fingerprint density at radius 1 is 1.04 bits per heavy atom. The molecule has 0 aliphatic carbocycles. The summed E-state index contributed by atoms with van der Waals surface area (Å²) in [5.74, 6) is 3.05. The van der Waals surface area contributed by atoms with E-state index in [1.54, 1.807) is 0 Å². The summed E-state index contributed by atoms with van der Waals surface area (Å²) in [4.78, 5) is 14.6. The van der Waals surface area contributed by atoms with Crippen molar-refractivity contribution >= 4 is 32.6 Å². The summed E-state index contributed by atoms with van der Waals surface area (Å²) >= 11 is 1.36. The molecular weight excluding hydrogens is 346 g/mol. The minimum atomic E-state index is 0.477. The third kappa shape index (κ3) is 3.01. The van der Waals surface area contributed by atoms with E-state index in [1.165, 1.54) is 11.3 Å². The van der Waals surface area contributed by atoms with E-state index in [2.05, 4.69) is 36.3 Å². The number of nitrogens with one attached hydrogen (secondary N) is 1. The summed E-state index contributed by atoms with van der Waals surface area (Å²) in [6.45, 7) is 6.57. The zero-order valence-corrected chi connectivity index (χ0v) is 15.6. The van der Waals surface area contributed by atoms with Crippen LogP contribution in [-0.2, 0) is 6.54 Å². The molecule has 0 unspecified atom stereocenters. The van der Waals surface area contributed by atoms with E-state index >= 15 is 0 Å². The highest BCUT2D eigenvalue weighted by molar-refractivity contribution is 7.21. The Hall–Kier alpha value is -2.93. The molecule has 7 heteroatoms. The minimum Gasteiger partial charge on any atom is -0.465 e. The average Bonchev–Trinajstić information content (AvgIpc) is 3.17. The number of fused-ring (bicyclic) bond motifs is 1. The van der Waals surface area contributed by atoms with Gasteiger partial charge in [0.05, 0.1) is 6.54 Å². The third-order valence-electron chi connectivity index (χ3n) is 4.21. The molecule has 6 nitrogen and oxygen atoms in total. The van der Waals surface area contributed by atoms with Gasteiger partial charge in [0.2, 0.25) is 0 Å². The van der Waals surface area contributed by atoms with Gasteiger partial charge in [-0.3, -0.25) is 0 Å². The van der Waals surface area contributed by atoms with Crippen LogP contribution in [0.3, 0.4) is 0 Å². The van der Waals surface area contributed by atoms with Gasteiger partial charge in [-0.25, -0.2) is 15.0 Å². The number of furan rings is 1. The molecule has 3 N–H and O–H groups in total. The maximum Gasteiger partial charge on any atom is 0.182 e. The van der Waals surface area contributed by atoms with Crippen LogP contribution in [0.5, 0.6) is 0 Å². The van der Waals surface area contributed by atoms with E-state index < -0.39 is 0 Å². The van der Waals surface area contributed by atoms with Crippen molar-refractivity contribution in [3.8, 4) is 11.4 Å². The molecule has 0 aliphatic heterocycles. The second-order valence-corrected chi connectivity index (χ2v) is 7.24. The molecule has 26 heavy (non-hydrogen) atoms. The summed E-state index contributed by atoms with van der Waals surface area (Å²) in [5, 5.41) is 3.80. The number of nitrogen functional groups attached to an aromatic ring is 1. The molecule has 132 valence electrons. The van der Waals surface area contributed by atoms with Crippen LogP contribution in [0, 0.1) is 20.8 Å². The maximum absolute atomic E-state index is 5.91. The van der Waals surface area contributed by atoms with Crippen LogP contribution in [0.15, 0.2) is 34.7 Å². The Labute approximate surface area is 155 Å². The second kappa shape index (κ2) is 6.42. The standard InChI is InChI=1S/C19H19N5OS/c1-10-5-4-6-11(2)14(10)16-23-17(15-18(24-16)26-19(20)22-15)21-9-13-8-7-12(3)25-13/h4-8H,9H2,1-3H3,(H2,20,22)(H,21,23,24). The van der Waals surface area contributed by atoms with Crippen LogP contribution in [-0.4, -0.2) is 15.0 Å². The normalized spacial score (nSPS) is 11.2. The Kier molecular flexibility index (Phi) is 4.08. The molecule has 0 aliphatic rings. The van der Waals surface area contributed by atoms with E-state index in [9.17, 15) is 0 Å². The van der Waals surface area contributed by atoms with Gasteiger partial charge < -0.3 is 15.5 Å². The fourth-order valence-electron chi connectivity index (χ4n) is 2.99. The number of hydrogen-bond donors (Lipinski definition) is 2. The smallest absolute Gasteiger partial charge is 0.182 e. The van der Waals surface area contributed by atoms with Gasteiger partial charge in [0.15, 0.2) is 21.6 Å². The van der Waals surface area contributed by atoms with Crippen LogP contribution in [0.25, 0.3) is 21.7 Å². The highest BCUT2D eigenvalue weighted by Crippen LogP contribution is 2.32. The Morgan fingerprint density at radius 3 is 2.50 bits per heavy atom. The van der Waals surface area contributed by atoms with Crippen molar-refractivity contribution in [2.75, 3.05) is 11.1 Å². The summed E-state index contributed by atoms with van der Waals surface area (Å²) in [6, 6.07) is 10.1. The van der Waals surface area contributed by atoms with Gasteiger partial charge in [0.1, 0.15) is 17.0 Å². The van der Waals surface area contributed by atoms with Crippen LogP contribution in [0.4, 0.5) is 10.9 Å². The number of rotatable bonds is 4. The number of thiazole rings is 1. The Balaban J connectivity index is 1.80. The summed E-state index contributed by atoms with van der Waals surface area (Å²) in [6.07, 6.45) is 0. The van der Waals surface area contributed by atoms with E-state index in [0.717, 1.165) is 33.0 Å². The number of nitrogens with two attached hydrogens (primary N) is 1. The third-order valence-corrected chi connectivity index (χ3v) is 4.98. The van der Waals surface area contributed by atoms with Crippen LogP contribution in [0.1, 0.15) is 22.6 Å². The molecular formula is C19H19N5OS. The summed E-state index contributed by atoms with van der Waals surface area (Å²) in [5.41, 5.74) is 9.91. The van der Waals surface area contributed by atoms with Gasteiger partial charge in [-0.15, -0.1) is 0 Å². The highest BCUT2D eigenvalue weighted by Gasteiger charge is 2.16. The molecule has 3 heterocycles. The predicted octanol–water partition coefficient (Wildman–Crippen LogP) is 4.47. The van der Waals surface area contributed by atoms with Crippen molar-refractivity contribution in [3.63, 3.8) is 0 Å². The van der Waals surface area contributed by atoms with Gasteiger partial charge >= 0.3 is 0 Å². The van der Waals surface area contributed by atoms with Crippen LogP contribution >= 0.6 is 11.3 Å². The number of aryl methyl sites for hydroxylation is 3. The Morgan fingerprint density at radius 2 is 1.81 bits per heavy atom. The number of nitrogens with zero attached hydrogens (tertiary/aromatic N) is 3. The summed E-state index contributed by atoms with van der Waals surface area (Å²) < 4.78 is 5.63. The number of benzene rings is 1. The lowest BCUT2D eigenvalue weighted by Crippen LogP contribution is -2.04. The van der Waals surface area contributed by atoms with Crippen molar-refractivity contribution in [2.45, 2.75) is 27.3 Å². The van der Waals surface area contributed by atoms with Gasteiger partial charge in [-0.05, 0) is 44.0 Å². The topological polar surface area (TPSA) is 89.9 Å². The molecule has 0 atom stereocenters.